The van der Waals surface area contributed by atoms with Crippen molar-refractivity contribution >= 4 is 52.8 Å². The lowest BCUT2D eigenvalue weighted by molar-refractivity contribution is -0.122. The highest BCUT2D eigenvalue weighted by Crippen LogP contribution is 2.36. The summed E-state index contributed by atoms with van der Waals surface area (Å²) in [7, 11) is 0. The van der Waals surface area contributed by atoms with Gasteiger partial charge in [-0.1, -0.05) is 35.3 Å². The molecule has 0 unspecified atom stereocenters. The van der Waals surface area contributed by atoms with Crippen molar-refractivity contribution in [1.82, 2.24) is 5.32 Å². The molecule has 3 aromatic carbocycles. The first-order chi connectivity index (χ1) is 17.3. The number of amides is 4. The molecule has 0 atom stereocenters. The van der Waals surface area contributed by atoms with E-state index in [9.17, 15) is 19.5 Å². The Bertz CT molecular complexity index is 1350. The number of rotatable bonds is 7. The van der Waals surface area contributed by atoms with Crippen molar-refractivity contribution < 1.29 is 29.0 Å². The van der Waals surface area contributed by atoms with E-state index in [1.165, 1.54) is 30.3 Å². The lowest BCUT2D eigenvalue weighted by Gasteiger charge is -2.26. The molecule has 184 valence electrons. The Labute approximate surface area is 216 Å². The quantitative estimate of drug-likeness (QED) is 0.318. The molecule has 3 aromatic rings. The molecule has 0 radical (unpaired) electrons. The summed E-state index contributed by atoms with van der Waals surface area (Å²) >= 11 is 11.9. The molecule has 1 fully saturated rings. The van der Waals surface area contributed by atoms with E-state index in [2.05, 4.69) is 5.32 Å². The molecule has 1 aliphatic rings. The highest BCUT2D eigenvalue weighted by atomic mass is 35.5. The highest BCUT2D eigenvalue weighted by molar-refractivity contribution is 6.39. The number of carbonyl (C=O) groups is 3. The van der Waals surface area contributed by atoms with Gasteiger partial charge in [-0.25, -0.2) is 9.69 Å². The van der Waals surface area contributed by atoms with Crippen LogP contribution in [0.15, 0.2) is 66.2 Å². The Morgan fingerprint density at radius 2 is 1.67 bits per heavy atom. The molecule has 36 heavy (non-hydrogen) atoms. The summed E-state index contributed by atoms with van der Waals surface area (Å²) in [5.41, 5.74) is 1.21. The maximum atomic E-state index is 13.2. The van der Waals surface area contributed by atoms with Crippen LogP contribution in [0.25, 0.3) is 6.08 Å². The van der Waals surface area contributed by atoms with E-state index in [0.717, 1.165) is 10.5 Å². The molecule has 2 N–H and O–H groups in total. The average molecular weight is 527 g/mol. The molecule has 8 nitrogen and oxygen atoms in total. The van der Waals surface area contributed by atoms with Gasteiger partial charge in [0.25, 0.3) is 11.8 Å². The Hall–Kier alpha value is -4.01. The molecule has 0 saturated carbocycles. The fourth-order valence-corrected chi connectivity index (χ4v) is 3.79. The minimum atomic E-state index is -0.879. The maximum absolute atomic E-state index is 13.2. The molecule has 1 aliphatic heterocycles. The molecular formula is C26H20Cl2N2O6. The van der Waals surface area contributed by atoms with E-state index in [0.29, 0.717) is 22.9 Å². The molecular weight excluding hydrogens is 507 g/mol. The van der Waals surface area contributed by atoms with Gasteiger partial charge in [0.15, 0.2) is 11.5 Å². The number of carbonyl (C=O) groups excluding carboxylic acids is 3. The molecule has 4 rings (SSSR count). The second-order valence-electron chi connectivity index (χ2n) is 7.65. The smallest absolute Gasteiger partial charge is 0.335 e. The van der Waals surface area contributed by atoms with Crippen molar-refractivity contribution in [2.45, 2.75) is 13.5 Å². The zero-order chi connectivity index (χ0) is 25.8. The number of hydrogen-bond donors (Lipinski definition) is 2. The predicted octanol–water partition coefficient (Wildman–Crippen LogP) is 5.34. The van der Waals surface area contributed by atoms with E-state index in [1.807, 2.05) is 12.1 Å². The van der Waals surface area contributed by atoms with Gasteiger partial charge in [-0.2, -0.15) is 0 Å². The minimum Gasteiger partial charge on any atom is -0.503 e. The van der Waals surface area contributed by atoms with Gasteiger partial charge in [-0.05, 0) is 72.7 Å². The lowest BCUT2D eigenvalue weighted by Crippen LogP contribution is -2.54. The number of nitrogens with one attached hydrogen (secondary N) is 1. The van der Waals surface area contributed by atoms with Gasteiger partial charge in [-0.3, -0.25) is 14.9 Å². The van der Waals surface area contributed by atoms with Crippen LogP contribution in [-0.2, 0) is 16.2 Å². The second kappa shape index (κ2) is 10.7. The number of halogens is 2. The summed E-state index contributed by atoms with van der Waals surface area (Å²) in [6.45, 7) is 2.30. The number of benzene rings is 3. The highest BCUT2D eigenvalue weighted by Gasteiger charge is 2.36. The summed E-state index contributed by atoms with van der Waals surface area (Å²) in [6.07, 6.45) is 1.27. The molecule has 0 aromatic heterocycles. The minimum absolute atomic E-state index is 0.0152. The summed E-state index contributed by atoms with van der Waals surface area (Å²) in [4.78, 5) is 39.0. The van der Waals surface area contributed by atoms with Crippen molar-refractivity contribution in [3.63, 3.8) is 0 Å². The first-order valence-electron chi connectivity index (χ1n) is 10.8. The fraction of sp³-hybridized carbons (Fsp3) is 0.115. The molecule has 10 heteroatoms. The van der Waals surface area contributed by atoms with Crippen LogP contribution >= 0.6 is 23.2 Å². The van der Waals surface area contributed by atoms with Gasteiger partial charge in [0, 0.05) is 5.02 Å². The summed E-state index contributed by atoms with van der Waals surface area (Å²) in [5, 5.41) is 12.8. The topological polar surface area (TPSA) is 105 Å². The monoisotopic (exact) mass is 526 g/mol. The molecule has 1 heterocycles. The number of phenols is 1. The Morgan fingerprint density at radius 3 is 2.33 bits per heavy atom. The van der Waals surface area contributed by atoms with Gasteiger partial charge < -0.3 is 14.6 Å². The first kappa shape index (κ1) is 25.1. The second-order valence-corrected chi connectivity index (χ2v) is 8.49. The normalized spacial score (nSPS) is 14.7. The number of urea groups is 1. The number of anilines is 1. The molecule has 0 aliphatic carbocycles. The van der Waals surface area contributed by atoms with Crippen molar-refractivity contribution in [3.8, 4) is 17.2 Å². The first-order valence-corrected chi connectivity index (χ1v) is 11.6. The van der Waals surface area contributed by atoms with E-state index >= 15 is 0 Å². The van der Waals surface area contributed by atoms with Crippen molar-refractivity contribution in [2.75, 3.05) is 11.5 Å². The third-order valence-electron chi connectivity index (χ3n) is 5.18. The summed E-state index contributed by atoms with van der Waals surface area (Å²) in [5.74, 6) is -1.31. The zero-order valence-electron chi connectivity index (χ0n) is 19.0. The van der Waals surface area contributed by atoms with Crippen molar-refractivity contribution in [2.24, 2.45) is 0 Å². The Balaban J connectivity index is 1.55. The van der Waals surface area contributed by atoms with E-state index in [-0.39, 0.29) is 34.4 Å². The van der Waals surface area contributed by atoms with Crippen LogP contribution in [0, 0.1) is 0 Å². The molecule has 0 bridgehead atoms. The number of hydrogen-bond acceptors (Lipinski definition) is 6. The standard InChI is InChI=1S/C26H20Cl2N2O6/c1-2-35-22-13-16(12-21(28)23(22)31)11-20-24(32)29-26(34)30(25(20)33)18-7-9-19(10-8-18)36-14-15-3-5-17(27)6-4-15/h3-13,31H,2,14H2,1H3,(H,29,32,34)/b20-11+. The third-order valence-corrected chi connectivity index (χ3v) is 5.72. The van der Waals surface area contributed by atoms with Crippen LogP contribution in [0.3, 0.4) is 0 Å². The summed E-state index contributed by atoms with van der Waals surface area (Å²) in [6, 6.07) is 15.4. The molecule has 4 amide bonds. The number of ether oxygens (including phenoxy) is 2. The van der Waals surface area contributed by atoms with E-state index in [1.54, 1.807) is 31.2 Å². The van der Waals surface area contributed by atoms with E-state index < -0.39 is 17.8 Å². The van der Waals surface area contributed by atoms with Crippen LogP contribution in [0.4, 0.5) is 10.5 Å². The number of aromatic hydroxyl groups is 1. The number of barbiturate groups is 1. The van der Waals surface area contributed by atoms with Crippen molar-refractivity contribution in [1.29, 1.82) is 0 Å². The van der Waals surface area contributed by atoms with Crippen molar-refractivity contribution in [3.05, 3.63) is 87.4 Å². The largest absolute Gasteiger partial charge is 0.503 e. The number of imide groups is 2. The van der Waals surface area contributed by atoms with E-state index in [4.69, 9.17) is 32.7 Å². The maximum Gasteiger partial charge on any atom is 0.335 e. The molecule has 0 spiro atoms. The Morgan fingerprint density at radius 1 is 0.972 bits per heavy atom. The lowest BCUT2D eigenvalue weighted by atomic mass is 10.1. The van der Waals surface area contributed by atoms with Crippen LogP contribution in [-0.4, -0.2) is 29.6 Å². The fourth-order valence-electron chi connectivity index (χ4n) is 3.44. The van der Waals surface area contributed by atoms with Gasteiger partial charge in [0.05, 0.1) is 17.3 Å². The van der Waals surface area contributed by atoms with Gasteiger partial charge in [-0.15, -0.1) is 0 Å². The third kappa shape index (κ3) is 5.45. The Kier molecular flexibility index (Phi) is 7.47. The SMILES string of the molecule is CCOc1cc(/C=C2\C(=O)NC(=O)N(c3ccc(OCc4ccc(Cl)cc4)cc3)C2=O)cc(Cl)c1O. The molecule has 1 saturated heterocycles. The number of phenolic OH excluding ortho intramolecular Hbond substituents is 1. The van der Waals surface area contributed by atoms with Gasteiger partial charge in [0.1, 0.15) is 17.9 Å². The predicted molar refractivity (Wildman–Crippen MR) is 136 cm³/mol. The number of nitrogens with zero attached hydrogens (tertiary/aromatic N) is 1. The summed E-state index contributed by atoms with van der Waals surface area (Å²) < 4.78 is 11.1. The zero-order valence-corrected chi connectivity index (χ0v) is 20.5. The van der Waals surface area contributed by atoms with Gasteiger partial charge in [0.2, 0.25) is 0 Å². The van der Waals surface area contributed by atoms with Crippen LogP contribution < -0.4 is 19.7 Å². The van der Waals surface area contributed by atoms with Crippen LogP contribution in [0.2, 0.25) is 10.0 Å². The van der Waals surface area contributed by atoms with Gasteiger partial charge >= 0.3 is 6.03 Å². The van der Waals surface area contributed by atoms with Crippen LogP contribution in [0.1, 0.15) is 18.1 Å². The van der Waals surface area contributed by atoms with Crippen LogP contribution in [0.5, 0.6) is 17.2 Å². The average Bonchev–Trinajstić information content (AvgIpc) is 2.85.